The average molecular weight is 330 g/mol. The van der Waals surface area contributed by atoms with Gasteiger partial charge in [0.1, 0.15) is 4.83 Å². The number of nitriles is 1. The Bertz CT molecular complexity index is 637. The van der Waals surface area contributed by atoms with Crippen LogP contribution in [0.3, 0.4) is 0 Å². The maximum Gasteiger partial charge on any atom is 0.201 e. The van der Waals surface area contributed by atoms with E-state index in [1.54, 1.807) is 60.7 Å². The Morgan fingerprint density at radius 2 is 1.60 bits per heavy atom. The lowest BCUT2D eigenvalue weighted by Crippen LogP contribution is -2.43. The van der Waals surface area contributed by atoms with Crippen molar-refractivity contribution in [2.75, 3.05) is 0 Å². The van der Waals surface area contributed by atoms with Crippen LogP contribution in [0.1, 0.15) is 15.9 Å². The van der Waals surface area contributed by atoms with Gasteiger partial charge in [-0.25, -0.2) is 0 Å². The molecule has 100 valence electrons. The van der Waals surface area contributed by atoms with Crippen molar-refractivity contribution in [3.05, 3.63) is 71.8 Å². The first-order valence-electron chi connectivity index (χ1n) is 6.02. The Morgan fingerprint density at radius 1 is 1.10 bits per heavy atom. The molecule has 4 heteroatoms. The van der Waals surface area contributed by atoms with Crippen molar-refractivity contribution in [2.45, 2.75) is 10.4 Å². The highest BCUT2D eigenvalue weighted by atomic mass is 79.9. The van der Waals surface area contributed by atoms with Gasteiger partial charge in [-0.1, -0.05) is 76.6 Å². The summed E-state index contributed by atoms with van der Waals surface area (Å²) in [5.41, 5.74) is -1.17. The number of carbonyl (C=O) groups excluding carboxylic acids is 1. The fourth-order valence-electron chi connectivity index (χ4n) is 1.99. The van der Waals surface area contributed by atoms with Crippen LogP contribution in [0.2, 0.25) is 0 Å². The zero-order chi connectivity index (χ0) is 14.6. The number of nitrogens with zero attached hydrogens (tertiary/aromatic N) is 1. The molecule has 0 fully saturated rings. The summed E-state index contributed by atoms with van der Waals surface area (Å²) in [7, 11) is 0. The quantitative estimate of drug-likeness (QED) is 0.692. The van der Waals surface area contributed by atoms with E-state index in [4.69, 9.17) is 5.26 Å². The predicted molar refractivity (Wildman–Crippen MR) is 79.4 cm³/mol. The SMILES string of the molecule is N#CC(Br)C(O)(C(=O)c1ccccc1)c1ccccc1. The molecular formula is C16H12BrNO2. The molecule has 0 aliphatic carbocycles. The third kappa shape index (κ3) is 2.51. The Labute approximate surface area is 125 Å². The van der Waals surface area contributed by atoms with Crippen molar-refractivity contribution in [3.8, 4) is 6.07 Å². The number of halogens is 1. The molecular weight excluding hydrogens is 318 g/mol. The average Bonchev–Trinajstić information content (AvgIpc) is 2.54. The number of alkyl halides is 1. The molecule has 0 aliphatic rings. The first-order valence-corrected chi connectivity index (χ1v) is 6.93. The Hall–Kier alpha value is -1.96. The molecule has 2 aromatic carbocycles. The van der Waals surface area contributed by atoms with Gasteiger partial charge in [-0.05, 0) is 5.56 Å². The normalized spacial score (nSPS) is 14.8. The van der Waals surface area contributed by atoms with Gasteiger partial charge in [0.2, 0.25) is 5.78 Å². The number of aliphatic hydroxyl groups is 1. The maximum absolute atomic E-state index is 12.6. The van der Waals surface area contributed by atoms with Gasteiger partial charge < -0.3 is 5.11 Å². The summed E-state index contributed by atoms with van der Waals surface area (Å²) < 4.78 is 0. The standard InChI is InChI=1S/C16H12BrNO2/c17-14(11-18)16(20,13-9-5-2-6-10-13)15(19)12-7-3-1-4-8-12/h1-10,14,20H. The van der Waals surface area contributed by atoms with Crippen molar-refractivity contribution < 1.29 is 9.90 Å². The van der Waals surface area contributed by atoms with Crippen molar-refractivity contribution >= 4 is 21.7 Å². The molecule has 3 nitrogen and oxygen atoms in total. The van der Waals surface area contributed by atoms with E-state index in [0.717, 1.165) is 0 Å². The molecule has 0 amide bonds. The minimum atomic E-state index is -1.92. The van der Waals surface area contributed by atoms with Crippen molar-refractivity contribution in [1.29, 1.82) is 5.26 Å². The summed E-state index contributed by atoms with van der Waals surface area (Å²) in [6.45, 7) is 0. The van der Waals surface area contributed by atoms with Gasteiger partial charge in [-0.15, -0.1) is 0 Å². The summed E-state index contributed by atoms with van der Waals surface area (Å²) in [5.74, 6) is -0.507. The molecule has 0 spiro atoms. The number of ketones is 1. The molecule has 2 aromatic rings. The lowest BCUT2D eigenvalue weighted by Gasteiger charge is -2.28. The number of carbonyl (C=O) groups is 1. The van der Waals surface area contributed by atoms with E-state index in [0.29, 0.717) is 11.1 Å². The number of hydrogen-bond acceptors (Lipinski definition) is 3. The molecule has 1 N–H and O–H groups in total. The first-order chi connectivity index (χ1) is 9.60. The van der Waals surface area contributed by atoms with Crippen LogP contribution in [0.25, 0.3) is 0 Å². The summed E-state index contributed by atoms with van der Waals surface area (Å²) in [4.78, 5) is 11.6. The number of benzene rings is 2. The largest absolute Gasteiger partial charge is 0.375 e. The number of hydrogen-bond donors (Lipinski definition) is 1. The second kappa shape index (κ2) is 6.00. The third-order valence-electron chi connectivity index (χ3n) is 3.08. The molecule has 20 heavy (non-hydrogen) atoms. The van der Waals surface area contributed by atoms with Crippen LogP contribution >= 0.6 is 15.9 Å². The molecule has 2 unspecified atom stereocenters. The van der Waals surface area contributed by atoms with E-state index in [2.05, 4.69) is 15.9 Å². The molecule has 2 rings (SSSR count). The maximum atomic E-state index is 12.6. The Morgan fingerprint density at radius 3 is 2.10 bits per heavy atom. The summed E-state index contributed by atoms with van der Waals surface area (Å²) >= 11 is 3.10. The minimum absolute atomic E-state index is 0.360. The van der Waals surface area contributed by atoms with Crippen molar-refractivity contribution in [3.63, 3.8) is 0 Å². The van der Waals surface area contributed by atoms with E-state index in [1.807, 2.05) is 6.07 Å². The lowest BCUT2D eigenvalue weighted by atomic mass is 9.83. The molecule has 0 saturated heterocycles. The van der Waals surface area contributed by atoms with Crippen LogP contribution in [-0.4, -0.2) is 15.7 Å². The van der Waals surface area contributed by atoms with Gasteiger partial charge in [-0.3, -0.25) is 4.79 Å². The molecule has 0 aromatic heterocycles. The smallest absolute Gasteiger partial charge is 0.201 e. The van der Waals surface area contributed by atoms with Crippen molar-refractivity contribution in [2.24, 2.45) is 0 Å². The summed E-state index contributed by atoms with van der Waals surface area (Å²) in [6.07, 6.45) is 0. The highest BCUT2D eigenvalue weighted by Crippen LogP contribution is 2.33. The lowest BCUT2D eigenvalue weighted by molar-refractivity contribution is 0.0354. The second-order valence-electron chi connectivity index (χ2n) is 4.32. The van der Waals surface area contributed by atoms with Gasteiger partial charge in [-0.2, -0.15) is 5.26 Å². The van der Waals surface area contributed by atoms with Crippen LogP contribution in [0.4, 0.5) is 0 Å². The Balaban J connectivity index is 2.55. The molecule has 0 heterocycles. The summed E-state index contributed by atoms with van der Waals surface area (Å²) in [6, 6.07) is 18.8. The molecule has 0 aliphatic heterocycles. The van der Waals surface area contributed by atoms with E-state index in [9.17, 15) is 9.90 Å². The molecule has 2 atom stereocenters. The van der Waals surface area contributed by atoms with Gasteiger partial charge >= 0.3 is 0 Å². The van der Waals surface area contributed by atoms with Crippen LogP contribution in [0, 0.1) is 11.3 Å². The fourth-order valence-corrected chi connectivity index (χ4v) is 2.46. The fraction of sp³-hybridized carbons (Fsp3) is 0.125. The third-order valence-corrected chi connectivity index (χ3v) is 3.94. The van der Waals surface area contributed by atoms with Gasteiger partial charge in [0, 0.05) is 5.56 Å². The van der Waals surface area contributed by atoms with Crippen LogP contribution in [0.5, 0.6) is 0 Å². The second-order valence-corrected chi connectivity index (χ2v) is 5.23. The number of rotatable bonds is 4. The summed E-state index contributed by atoms with van der Waals surface area (Å²) in [5, 5.41) is 20.0. The number of Topliss-reactive ketones (excluding diaryl/α,β-unsaturated/α-hetero) is 1. The molecule has 0 bridgehead atoms. The van der Waals surface area contributed by atoms with E-state index in [-0.39, 0.29) is 0 Å². The van der Waals surface area contributed by atoms with Gasteiger partial charge in [0.15, 0.2) is 5.60 Å². The topological polar surface area (TPSA) is 61.1 Å². The van der Waals surface area contributed by atoms with Crippen LogP contribution in [0.15, 0.2) is 60.7 Å². The van der Waals surface area contributed by atoms with Crippen LogP contribution < -0.4 is 0 Å². The van der Waals surface area contributed by atoms with Gasteiger partial charge in [0.25, 0.3) is 0 Å². The zero-order valence-corrected chi connectivity index (χ0v) is 12.1. The van der Waals surface area contributed by atoms with E-state index < -0.39 is 16.2 Å². The minimum Gasteiger partial charge on any atom is -0.375 e. The van der Waals surface area contributed by atoms with Gasteiger partial charge in [0.05, 0.1) is 6.07 Å². The first kappa shape index (κ1) is 14.4. The van der Waals surface area contributed by atoms with Crippen LogP contribution in [-0.2, 0) is 5.60 Å². The Kier molecular flexibility index (Phi) is 4.33. The van der Waals surface area contributed by atoms with E-state index >= 15 is 0 Å². The molecule has 0 radical (unpaired) electrons. The molecule has 0 saturated carbocycles. The van der Waals surface area contributed by atoms with E-state index in [1.165, 1.54) is 0 Å². The monoisotopic (exact) mass is 329 g/mol. The zero-order valence-electron chi connectivity index (χ0n) is 10.5. The van der Waals surface area contributed by atoms with Crippen molar-refractivity contribution in [1.82, 2.24) is 0 Å². The predicted octanol–water partition coefficient (Wildman–Crippen LogP) is 3.04. The highest BCUT2D eigenvalue weighted by molar-refractivity contribution is 9.09. The highest BCUT2D eigenvalue weighted by Gasteiger charge is 2.45.